The Kier molecular flexibility index (Phi) is 6.35. The van der Waals surface area contributed by atoms with Crippen molar-refractivity contribution in [3.05, 3.63) is 64.1 Å². The monoisotopic (exact) mass is 429 g/mol. The molecule has 1 aliphatic rings. The van der Waals surface area contributed by atoms with E-state index in [2.05, 4.69) is 46.1 Å². The second-order valence-corrected chi connectivity index (χ2v) is 7.78. The fraction of sp³-hybridized carbons (Fsp3) is 0.409. The third-order valence-electron chi connectivity index (χ3n) is 5.49. The van der Waals surface area contributed by atoms with Gasteiger partial charge in [0.05, 0.1) is 5.69 Å². The van der Waals surface area contributed by atoms with E-state index in [1.807, 2.05) is 49.5 Å². The zero-order chi connectivity index (χ0) is 19.4. The number of nitrogens with zero attached hydrogens (tertiary/aromatic N) is 2. The largest absolute Gasteiger partial charge is 0.312 e. The van der Waals surface area contributed by atoms with E-state index in [-0.39, 0.29) is 5.91 Å². The number of likely N-dealkylation sites (N-methyl/N-ethyl adjacent to an activating group) is 1. The van der Waals surface area contributed by atoms with Crippen molar-refractivity contribution in [2.24, 2.45) is 0 Å². The number of nitrogens with one attached hydrogen (secondary N) is 1. The van der Waals surface area contributed by atoms with Crippen molar-refractivity contribution in [3.63, 3.8) is 0 Å². The van der Waals surface area contributed by atoms with Crippen LogP contribution in [0.2, 0.25) is 0 Å². The Balaban J connectivity index is 1.96. The Morgan fingerprint density at radius 1 is 1.07 bits per heavy atom. The zero-order valence-corrected chi connectivity index (χ0v) is 17.9. The highest BCUT2D eigenvalue weighted by Gasteiger charge is 2.51. The lowest BCUT2D eigenvalue weighted by molar-refractivity contribution is -0.122. The van der Waals surface area contributed by atoms with Crippen molar-refractivity contribution in [3.8, 4) is 0 Å². The van der Waals surface area contributed by atoms with Crippen molar-refractivity contribution in [2.75, 3.05) is 38.1 Å². The van der Waals surface area contributed by atoms with Crippen LogP contribution in [0, 0.1) is 0 Å². The number of carbonyl (C=O) groups excluding carboxylic acids is 1. The molecule has 27 heavy (non-hydrogen) atoms. The van der Waals surface area contributed by atoms with E-state index in [1.165, 1.54) is 0 Å². The van der Waals surface area contributed by atoms with Crippen LogP contribution in [0.15, 0.2) is 53.0 Å². The molecule has 1 unspecified atom stereocenters. The van der Waals surface area contributed by atoms with E-state index in [9.17, 15) is 4.79 Å². The lowest BCUT2D eigenvalue weighted by Gasteiger charge is -2.31. The highest BCUT2D eigenvalue weighted by molar-refractivity contribution is 9.10. The van der Waals surface area contributed by atoms with E-state index in [0.717, 1.165) is 53.9 Å². The van der Waals surface area contributed by atoms with Crippen molar-refractivity contribution in [2.45, 2.75) is 25.8 Å². The SMILES string of the molecule is CCN(CC)CCCNC1(c2ccccc2)C(=O)N(C)c2c(Br)cccc21. The van der Waals surface area contributed by atoms with Gasteiger partial charge in [-0.15, -0.1) is 0 Å². The standard InChI is InChI=1S/C22H28BrN3O/c1-4-26(5-2)16-10-15-24-22(17-11-7-6-8-12-17)18-13-9-14-19(23)20(18)25(3)21(22)27/h6-9,11-14,24H,4-5,10,15-16H2,1-3H3. The Bertz CT molecular complexity index is 791. The molecule has 4 nitrogen and oxygen atoms in total. The van der Waals surface area contributed by atoms with Crippen LogP contribution in [0.5, 0.6) is 0 Å². The number of halogens is 1. The quantitative estimate of drug-likeness (QED) is 0.644. The molecule has 5 heteroatoms. The van der Waals surface area contributed by atoms with Gasteiger partial charge in [0.1, 0.15) is 0 Å². The molecular formula is C22H28BrN3O. The number of benzene rings is 2. The van der Waals surface area contributed by atoms with Gasteiger partial charge in [-0.3, -0.25) is 10.1 Å². The average Bonchev–Trinajstić information content (AvgIpc) is 2.92. The van der Waals surface area contributed by atoms with Crippen LogP contribution in [-0.4, -0.2) is 44.0 Å². The lowest BCUT2D eigenvalue weighted by Crippen LogP contribution is -2.51. The highest BCUT2D eigenvalue weighted by Crippen LogP contribution is 2.46. The number of rotatable bonds is 8. The molecule has 1 N–H and O–H groups in total. The molecule has 1 heterocycles. The minimum atomic E-state index is -0.835. The van der Waals surface area contributed by atoms with Crippen LogP contribution in [-0.2, 0) is 10.3 Å². The summed E-state index contributed by atoms with van der Waals surface area (Å²) >= 11 is 3.63. The van der Waals surface area contributed by atoms with Crippen LogP contribution in [0.25, 0.3) is 0 Å². The Hall–Kier alpha value is -1.69. The number of hydrogen-bond acceptors (Lipinski definition) is 3. The maximum atomic E-state index is 13.5. The minimum Gasteiger partial charge on any atom is -0.312 e. The molecule has 0 fully saturated rings. The van der Waals surface area contributed by atoms with Gasteiger partial charge in [0.25, 0.3) is 5.91 Å². The Labute approximate surface area is 170 Å². The number of para-hydroxylation sites is 1. The van der Waals surface area contributed by atoms with Crippen LogP contribution in [0.4, 0.5) is 5.69 Å². The van der Waals surface area contributed by atoms with Gasteiger partial charge in [-0.25, -0.2) is 0 Å². The maximum absolute atomic E-state index is 13.5. The number of carbonyl (C=O) groups is 1. The molecule has 3 rings (SSSR count). The first kappa shape index (κ1) is 20.1. The first-order valence-electron chi connectivity index (χ1n) is 9.66. The second-order valence-electron chi connectivity index (χ2n) is 6.92. The number of amides is 1. The summed E-state index contributed by atoms with van der Waals surface area (Å²) in [6.45, 7) is 8.28. The molecule has 1 amide bonds. The summed E-state index contributed by atoms with van der Waals surface area (Å²) < 4.78 is 0.943. The number of anilines is 1. The molecule has 1 aliphatic heterocycles. The maximum Gasteiger partial charge on any atom is 0.256 e. The Morgan fingerprint density at radius 3 is 2.44 bits per heavy atom. The summed E-state index contributed by atoms with van der Waals surface area (Å²) in [5.41, 5.74) is 2.11. The number of fused-ring (bicyclic) bond motifs is 1. The topological polar surface area (TPSA) is 35.6 Å². The minimum absolute atomic E-state index is 0.0680. The van der Waals surface area contributed by atoms with Gasteiger partial charge in [0, 0.05) is 17.1 Å². The van der Waals surface area contributed by atoms with Crippen LogP contribution < -0.4 is 10.2 Å². The Morgan fingerprint density at radius 2 is 1.78 bits per heavy atom. The lowest BCUT2D eigenvalue weighted by atomic mass is 9.83. The average molecular weight is 430 g/mol. The fourth-order valence-corrected chi connectivity index (χ4v) is 4.62. The molecule has 144 valence electrons. The highest BCUT2D eigenvalue weighted by atomic mass is 79.9. The third kappa shape index (κ3) is 3.56. The molecule has 2 aromatic rings. The summed E-state index contributed by atoms with van der Waals surface area (Å²) in [5, 5.41) is 3.64. The summed E-state index contributed by atoms with van der Waals surface area (Å²) in [6.07, 6.45) is 0.997. The van der Waals surface area contributed by atoms with Gasteiger partial charge < -0.3 is 9.80 Å². The van der Waals surface area contributed by atoms with E-state index in [0.29, 0.717) is 0 Å². The van der Waals surface area contributed by atoms with Gasteiger partial charge in [-0.1, -0.05) is 56.3 Å². The van der Waals surface area contributed by atoms with Gasteiger partial charge in [0.2, 0.25) is 0 Å². The molecule has 0 aromatic heterocycles. The van der Waals surface area contributed by atoms with Crippen LogP contribution >= 0.6 is 15.9 Å². The van der Waals surface area contributed by atoms with Crippen LogP contribution in [0.1, 0.15) is 31.4 Å². The normalized spacial score (nSPS) is 19.0. The van der Waals surface area contributed by atoms with Gasteiger partial charge in [0.15, 0.2) is 5.54 Å². The second kappa shape index (κ2) is 8.55. The van der Waals surface area contributed by atoms with E-state index in [1.54, 1.807) is 4.90 Å². The number of hydrogen-bond donors (Lipinski definition) is 1. The summed E-state index contributed by atoms with van der Waals surface area (Å²) in [7, 11) is 1.86. The molecule has 0 bridgehead atoms. The molecule has 0 spiro atoms. The van der Waals surface area contributed by atoms with Gasteiger partial charge in [-0.2, -0.15) is 0 Å². The van der Waals surface area contributed by atoms with E-state index >= 15 is 0 Å². The molecule has 0 saturated carbocycles. The molecule has 0 saturated heterocycles. The smallest absolute Gasteiger partial charge is 0.256 e. The summed E-state index contributed by atoms with van der Waals surface area (Å²) in [5.74, 6) is 0.0680. The zero-order valence-electron chi connectivity index (χ0n) is 16.3. The van der Waals surface area contributed by atoms with Crippen molar-refractivity contribution in [1.29, 1.82) is 0 Å². The summed E-state index contributed by atoms with van der Waals surface area (Å²) in [6, 6.07) is 16.1. The van der Waals surface area contributed by atoms with Crippen molar-refractivity contribution < 1.29 is 4.79 Å². The summed E-state index contributed by atoms with van der Waals surface area (Å²) in [4.78, 5) is 17.7. The van der Waals surface area contributed by atoms with E-state index < -0.39 is 5.54 Å². The predicted octanol–water partition coefficient (Wildman–Crippen LogP) is 3.99. The molecule has 2 aromatic carbocycles. The first-order valence-corrected chi connectivity index (χ1v) is 10.5. The van der Waals surface area contributed by atoms with Gasteiger partial charge >= 0.3 is 0 Å². The fourth-order valence-electron chi connectivity index (χ4n) is 3.99. The van der Waals surface area contributed by atoms with Crippen molar-refractivity contribution in [1.82, 2.24) is 10.2 Å². The van der Waals surface area contributed by atoms with Gasteiger partial charge in [-0.05, 0) is 60.2 Å². The molecule has 1 atom stereocenters. The third-order valence-corrected chi connectivity index (χ3v) is 6.13. The van der Waals surface area contributed by atoms with E-state index in [4.69, 9.17) is 0 Å². The molecule has 0 aliphatic carbocycles. The molecule has 0 radical (unpaired) electrons. The first-order chi connectivity index (χ1) is 13.1. The van der Waals surface area contributed by atoms with Crippen molar-refractivity contribution >= 4 is 27.5 Å². The predicted molar refractivity (Wildman–Crippen MR) is 115 cm³/mol. The van der Waals surface area contributed by atoms with Crippen LogP contribution in [0.3, 0.4) is 0 Å². The molecular weight excluding hydrogens is 402 g/mol.